The molecule has 0 radical (unpaired) electrons. The van der Waals surface area contributed by atoms with Gasteiger partial charge in [-0.2, -0.15) is 0 Å². The molecule has 0 bridgehead atoms. The van der Waals surface area contributed by atoms with Gasteiger partial charge < -0.3 is 19.7 Å². The van der Waals surface area contributed by atoms with Gasteiger partial charge in [-0.1, -0.05) is 62.7 Å². The molecule has 0 spiro atoms. The fourth-order valence-corrected chi connectivity index (χ4v) is 4.68. The number of nitrogens with one attached hydrogen (secondary N) is 1. The third-order valence-electron chi connectivity index (χ3n) is 6.86. The van der Waals surface area contributed by atoms with E-state index in [2.05, 4.69) is 10.2 Å². The molecule has 1 aromatic heterocycles. The lowest BCUT2D eigenvalue weighted by Gasteiger charge is -2.31. The molecule has 0 unspecified atom stereocenters. The highest BCUT2D eigenvalue weighted by molar-refractivity contribution is 6.32. The number of hydrogen-bond donors (Lipinski definition) is 1. The summed E-state index contributed by atoms with van der Waals surface area (Å²) in [5.74, 6) is -0.149. The van der Waals surface area contributed by atoms with Gasteiger partial charge in [0.2, 0.25) is 0 Å². The second-order valence-electron chi connectivity index (χ2n) is 12.2. The van der Waals surface area contributed by atoms with Crippen molar-refractivity contribution in [2.24, 2.45) is 5.41 Å². The number of nitrogens with zero attached hydrogens (tertiary/aromatic N) is 2. The van der Waals surface area contributed by atoms with Crippen molar-refractivity contribution in [2.45, 2.75) is 66.5 Å². The number of pyridine rings is 1. The van der Waals surface area contributed by atoms with Gasteiger partial charge in [0.15, 0.2) is 0 Å². The average molecular weight is 594 g/mol. The highest BCUT2D eigenvalue weighted by atomic mass is 35.5. The molecule has 1 amide bonds. The summed E-state index contributed by atoms with van der Waals surface area (Å²) in [4.78, 5) is 33.0. The van der Waals surface area contributed by atoms with Crippen LogP contribution in [0.4, 0.5) is 0 Å². The van der Waals surface area contributed by atoms with Crippen molar-refractivity contribution in [3.63, 3.8) is 0 Å². The Bertz CT molecular complexity index is 1380. The molecule has 2 aromatic carbocycles. The summed E-state index contributed by atoms with van der Waals surface area (Å²) >= 11 is 6.50. The van der Waals surface area contributed by atoms with Crippen LogP contribution in [0.3, 0.4) is 0 Å². The Balaban J connectivity index is 2.01. The van der Waals surface area contributed by atoms with Gasteiger partial charge in [0.25, 0.3) is 5.91 Å². The van der Waals surface area contributed by atoms with E-state index in [1.54, 1.807) is 26.0 Å². The van der Waals surface area contributed by atoms with Gasteiger partial charge in [-0.25, -0.2) is 4.98 Å². The topological polar surface area (TPSA) is 80.8 Å². The largest absolute Gasteiger partial charge is 0.492 e. The first kappa shape index (κ1) is 33.1. The van der Waals surface area contributed by atoms with E-state index in [4.69, 9.17) is 26.1 Å². The van der Waals surface area contributed by atoms with Gasteiger partial charge in [-0.3, -0.25) is 9.59 Å². The Kier molecular flexibility index (Phi) is 11.5. The zero-order valence-electron chi connectivity index (χ0n) is 26.1. The molecular formula is C34H44ClN3O4. The Morgan fingerprint density at radius 3 is 2.38 bits per heavy atom. The van der Waals surface area contributed by atoms with E-state index < -0.39 is 6.04 Å². The molecule has 7 nitrogen and oxygen atoms in total. The van der Waals surface area contributed by atoms with E-state index in [1.165, 1.54) is 0 Å². The van der Waals surface area contributed by atoms with Crippen molar-refractivity contribution in [1.82, 2.24) is 15.2 Å². The van der Waals surface area contributed by atoms with Gasteiger partial charge in [-0.05, 0) is 82.1 Å². The SMILES string of the molecule is Cc1ccccc1-c1ccc(C(=O)N[C@@H](CC(=O)OC(C)C)C(C)(C)C)nc1-c1ccc(Cl)c(OCCCN(C)C)c1. The maximum atomic E-state index is 13.6. The van der Waals surface area contributed by atoms with E-state index in [0.717, 1.165) is 35.2 Å². The van der Waals surface area contributed by atoms with Crippen LogP contribution < -0.4 is 10.1 Å². The number of benzene rings is 2. The molecule has 0 aliphatic heterocycles. The third kappa shape index (κ3) is 9.30. The number of aromatic nitrogens is 1. The minimum absolute atomic E-state index is 0.0628. The number of carbonyl (C=O) groups excluding carboxylic acids is 2. The second-order valence-corrected chi connectivity index (χ2v) is 12.6. The van der Waals surface area contributed by atoms with E-state index in [9.17, 15) is 9.59 Å². The van der Waals surface area contributed by atoms with Crippen LogP contribution in [0.1, 0.15) is 63.5 Å². The number of rotatable bonds is 12. The molecule has 0 aliphatic carbocycles. The Morgan fingerprint density at radius 1 is 1.02 bits per heavy atom. The minimum Gasteiger partial charge on any atom is -0.492 e. The summed E-state index contributed by atoms with van der Waals surface area (Å²) in [6.07, 6.45) is 0.691. The van der Waals surface area contributed by atoms with Crippen molar-refractivity contribution in [1.29, 1.82) is 0 Å². The summed E-state index contributed by atoms with van der Waals surface area (Å²) in [6, 6.07) is 16.8. The molecule has 1 heterocycles. The molecule has 0 saturated carbocycles. The van der Waals surface area contributed by atoms with Gasteiger partial charge in [0.1, 0.15) is 11.4 Å². The summed E-state index contributed by atoms with van der Waals surface area (Å²) in [7, 11) is 4.05. The zero-order chi connectivity index (χ0) is 31.0. The van der Waals surface area contributed by atoms with Gasteiger partial charge in [-0.15, -0.1) is 0 Å². The molecule has 1 atom stereocenters. The molecule has 8 heteroatoms. The maximum absolute atomic E-state index is 13.6. The number of ether oxygens (including phenoxy) is 2. The summed E-state index contributed by atoms with van der Waals surface area (Å²) in [5.41, 5.74) is 4.27. The lowest BCUT2D eigenvalue weighted by Crippen LogP contribution is -2.45. The quantitative estimate of drug-likeness (QED) is 0.177. The van der Waals surface area contributed by atoms with E-state index >= 15 is 0 Å². The number of esters is 1. The van der Waals surface area contributed by atoms with Gasteiger partial charge in [0, 0.05) is 23.7 Å². The molecule has 42 heavy (non-hydrogen) atoms. The predicted molar refractivity (Wildman–Crippen MR) is 170 cm³/mol. The lowest BCUT2D eigenvalue weighted by atomic mass is 9.84. The first-order chi connectivity index (χ1) is 19.8. The maximum Gasteiger partial charge on any atom is 0.308 e. The first-order valence-corrected chi connectivity index (χ1v) is 14.8. The average Bonchev–Trinajstić information content (AvgIpc) is 2.90. The Hall–Kier alpha value is -3.42. The van der Waals surface area contributed by atoms with E-state index in [0.29, 0.717) is 23.1 Å². The normalized spacial score (nSPS) is 12.4. The lowest BCUT2D eigenvalue weighted by molar-refractivity contribution is -0.148. The van der Waals surface area contributed by atoms with Crippen LogP contribution in [-0.2, 0) is 9.53 Å². The van der Waals surface area contributed by atoms with Crippen LogP contribution in [0.25, 0.3) is 22.4 Å². The molecule has 3 aromatic rings. The van der Waals surface area contributed by atoms with Crippen LogP contribution in [0.15, 0.2) is 54.6 Å². The summed E-state index contributed by atoms with van der Waals surface area (Å²) in [5, 5.41) is 3.55. The van der Waals surface area contributed by atoms with E-state index in [-0.39, 0.29) is 35.5 Å². The van der Waals surface area contributed by atoms with Crippen molar-refractivity contribution >= 4 is 23.5 Å². The number of halogens is 1. The minimum atomic E-state index is -0.449. The molecule has 0 fully saturated rings. The zero-order valence-corrected chi connectivity index (χ0v) is 26.8. The molecule has 226 valence electrons. The number of carbonyl (C=O) groups is 2. The van der Waals surface area contributed by atoms with Crippen molar-refractivity contribution in [2.75, 3.05) is 27.2 Å². The van der Waals surface area contributed by atoms with E-state index in [1.807, 2.05) is 84.3 Å². The van der Waals surface area contributed by atoms with Crippen LogP contribution in [0.5, 0.6) is 5.75 Å². The molecule has 1 N–H and O–H groups in total. The third-order valence-corrected chi connectivity index (χ3v) is 7.18. The standard InChI is InChI=1S/C34H44ClN3O4/c1-22(2)42-31(39)21-30(34(4,5)6)37-33(40)28-17-15-26(25-13-10-9-12-23(25)3)32(36-28)24-14-16-27(35)29(20-24)41-19-11-18-38(7)8/h9-10,12-17,20,22,30H,11,18-19,21H2,1-8H3,(H,37,40)/t30-/m0/s1. The predicted octanol–water partition coefficient (Wildman–Crippen LogP) is 7.19. The Labute approximate surface area is 255 Å². The van der Waals surface area contributed by atoms with Crippen LogP contribution in [-0.4, -0.2) is 61.2 Å². The van der Waals surface area contributed by atoms with Crippen LogP contribution in [0, 0.1) is 12.3 Å². The molecule has 0 saturated heterocycles. The smallest absolute Gasteiger partial charge is 0.308 e. The summed E-state index contributed by atoms with van der Waals surface area (Å²) < 4.78 is 11.4. The highest BCUT2D eigenvalue weighted by Gasteiger charge is 2.30. The molecule has 3 rings (SSSR count). The number of aryl methyl sites for hydroxylation is 1. The first-order valence-electron chi connectivity index (χ1n) is 14.4. The van der Waals surface area contributed by atoms with Gasteiger partial charge in [0.05, 0.1) is 29.8 Å². The molecule has 0 aliphatic rings. The fraction of sp³-hybridized carbons (Fsp3) is 0.441. The molecular weight excluding hydrogens is 550 g/mol. The van der Waals surface area contributed by atoms with Crippen LogP contribution in [0.2, 0.25) is 5.02 Å². The number of hydrogen-bond acceptors (Lipinski definition) is 6. The van der Waals surface area contributed by atoms with Crippen molar-refractivity contribution in [3.05, 3.63) is 70.9 Å². The summed E-state index contributed by atoms with van der Waals surface area (Å²) in [6.45, 7) is 13.0. The second kappa shape index (κ2) is 14.7. The number of amides is 1. The van der Waals surface area contributed by atoms with Crippen LogP contribution >= 0.6 is 11.6 Å². The van der Waals surface area contributed by atoms with Gasteiger partial charge >= 0.3 is 5.97 Å². The monoisotopic (exact) mass is 593 g/mol. The highest BCUT2D eigenvalue weighted by Crippen LogP contribution is 2.36. The van der Waals surface area contributed by atoms with Crippen molar-refractivity contribution < 1.29 is 19.1 Å². The fourth-order valence-electron chi connectivity index (χ4n) is 4.51. The Morgan fingerprint density at radius 2 is 1.74 bits per heavy atom. The van der Waals surface area contributed by atoms with Crippen molar-refractivity contribution in [3.8, 4) is 28.1 Å².